The van der Waals surface area contributed by atoms with Crippen LogP contribution in [0.2, 0.25) is 0 Å². The van der Waals surface area contributed by atoms with Crippen molar-refractivity contribution in [1.29, 1.82) is 0 Å². The minimum absolute atomic E-state index is 0.0866. The van der Waals surface area contributed by atoms with Crippen LogP contribution in [0.25, 0.3) is 0 Å². The summed E-state index contributed by atoms with van der Waals surface area (Å²) in [6.45, 7) is 1.93. The van der Waals surface area contributed by atoms with E-state index in [0.29, 0.717) is 22.7 Å². The average molecular weight is 456 g/mol. The molecular formula is C22H21N3O4S2. The maximum absolute atomic E-state index is 12.6. The van der Waals surface area contributed by atoms with Gasteiger partial charge in [0.2, 0.25) is 0 Å². The molecule has 0 aliphatic carbocycles. The molecule has 3 rings (SSSR count). The zero-order chi connectivity index (χ0) is 22.4. The summed E-state index contributed by atoms with van der Waals surface area (Å²) in [4.78, 5) is 12.3. The molecule has 0 aliphatic rings. The minimum atomic E-state index is -3.76. The van der Waals surface area contributed by atoms with Crippen LogP contribution in [0.3, 0.4) is 0 Å². The fourth-order valence-corrected chi connectivity index (χ4v) is 3.90. The van der Waals surface area contributed by atoms with E-state index in [1.165, 1.54) is 19.2 Å². The molecule has 9 heteroatoms. The van der Waals surface area contributed by atoms with Gasteiger partial charge in [0.15, 0.2) is 5.11 Å². The second-order valence-corrected chi connectivity index (χ2v) is 8.72. The van der Waals surface area contributed by atoms with Crippen molar-refractivity contribution in [3.63, 3.8) is 0 Å². The Morgan fingerprint density at radius 1 is 0.871 bits per heavy atom. The third-order valence-electron chi connectivity index (χ3n) is 4.31. The van der Waals surface area contributed by atoms with Gasteiger partial charge in [-0.15, -0.1) is 0 Å². The van der Waals surface area contributed by atoms with Gasteiger partial charge in [-0.2, -0.15) is 0 Å². The molecular weight excluding hydrogens is 434 g/mol. The number of thiocarbonyl (C=S) groups is 1. The Kier molecular flexibility index (Phi) is 6.88. The van der Waals surface area contributed by atoms with Crippen LogP contribution in [0, 0.1) is 6.92 Å². The molecule has 0 aromatic heterocycles. The first-order valence-corrected chi connectivity index (χ1v) is 11.1. The van der Waals surface area contributed by atoms with Gasteiger partial charge in [-0.05, 0) is 79.8 Å². The highest BCUT2D eigenvalue weighted by atomic mass is 32.2. The van der Waals surface area contributed by atoms with E-state index in [1.54, 1.807) is 48.5 Å². The number of anilines is 2. The van der Waals surface area contributed by atoms with Crippen molar-refractivity contribution in [1.82, 2.24) is 5.32 Å². The van der Waals surface area contributed by atoms with E-state index in [4.69, 9.17) is 17.0 Å². The molecule has 31 heavy (non-hydrogen) atoms. The number of amides is 1. The Labute approximate surface area is 186 Å². The molecule has 0 heterocycles. The molecule has 0 fully saturated rings. The predicted molar refractivity (Wildman–Crippen MR) is 125 cm³/mol. The second-order valence-electron chi connectivity index (χ2n) is 6.63. The molecule has 3 aromatic carbocycles. The Morgan fingerprint density at radius 3 is 2.03 bits per heavy atom. The summed E-state index contributed by atoms with van der Waals surface area (Å²) in [5, 5.41) is 5.57. The fourth-order valence-electron chi connectivity index (χ4n) is 2.63. The van der Waals surface area contributed by atoms with Crippen molar-refractivity contribution in [2.75, 3.05) is 17.1 Å². The quantitative estimate of drug-likeness (QED) is 0.488. The highest BCUT2D eigenvalue weighted by Crippen LogP contribution is 2.20. The van der Waals surface area contributed by atoms with Gasteiger partial charge in [-0.25, -0.2) is 8.42 Å². The zero-order valence-corrected chi connectivity index (χ0v) is 18.5. The van der Waals surface area contributed by atoms with E-state index in [-0.39, 0.29) is 15.9 Å². The molecule has 3 N–H and O–H groups in total. The first-order chi connectivity index (χ1) is 14.8. The molecule has 0 saturated carbocycles. The Hall–Kier alpha value is -3.43. The van der Waals surface area contributed by atoms with Gasteiger partial charge in [0.05, 0.1) is 12.0 Å². The Bertz CT molecular complexity index is 1170. The van der Waals surface area contributed by atoms with Crippen LogP contribution < -0.4 is 20.1 Å². The third kappa shape index (κ3) is 6.03. The lowest BCUT2D eigenvalue weighted by Crippen LogP contribution is -2.34. The van der Waals surface area contributed by atoms with Gasteiger partial charge in [-0.3, -0.25) is 14.8 Å². The molecule has 0 bridgehead atoms. The number of aryl methyl sites for hydroxylation is 1. The number of hydrogen-bond donors (Lipinski definition) is 3. The average Bonchev–Trinajstić information content (AvgIpc) is 2.74. The number of carbonyl (C=O) groups excluding carboxylic acids is 1. The topological polar surface area (TPSA) is 96.5 Å². The van der Waals surface area contributed by atoms with Crippen molar-refractivity contribution in [3.8, 4) is 5.75 Å². The Morgan fingerprint density at radius 2 is 1.45 bits per heavy atom. The minimum Gasteiger partial charge on any atom is -0.497 e. The van der Waals surface area contributed by atoms with Crippen molar-refractivity contribution in [2.45, 2.75) is 11.8 Å². The van der Waals surface area contributed by atoms with Crippen molar-refractivity contribution < 1.29 is 17.9 Å². The number of nitrogens with one attached hydrogen (secondary N) is 3. The van der Waals surface area contributed by atoms with Gasteiger partial charge in [0, 0.05) is 16.9 Å². The number of rotatable bonds is 6. The van der Waals surface area contributed by atoms with E-state index >= 15 is 0 Å². The van der Waals surface area contributed by atoms with Crippen molar-refractivity contribution in [2.24, 2.45) is 0 Å². The molecule has 0 unspecified atom stereocenters. The lowest BCUT2D eigenvalue weighted by atomic mass is 10.1. The fraction of sp³-hybridized carbons (Fsp3) is 0.0909. The highest BCUT2D eigenvalue weighted by Gasteiger charge is 2.14. The first kappa shape index (κ1) is 22.3. The number of hydrogen-bond acceptors (Lipinski definition) is 5. The first-order valence-electron chi connectivity index (χ1n) is 9.23. The van der Waals surface area contributed by atoms with Gasteiger partial charge in [0.1, 0.15) is 5.75 Å². The largest absolute Gasteiger partial charge is 0.497 e. The summed E-state index contributed by atoms with van der Waals surface area (Å²) in [6, 6.07) is 19.7. The van der Waals surface area contributed by atoms with Crippen LogP contribution in [-0.4, -0.2) is 26.5 Å². The lowest BCUT2D eigenvalue weighted by Gasteiger charge is -2.11. The SMILES string of the molecule is COc1ccc(NS(=O)(=O)c2ccc(NC(=S)NC(=O)c3ccc(C)cc3)cc2)cc1. The van der Waals surface area contributed by atoms with Crippen molar-refractivity contribution >= 4 is 44.6 Å². The molecule has 0 spiro atoms. The monoisotopic (exact) mass is 455 g/mol. The molecule has 160 valence electrons. The normalized spacial score (nSPS) is 10.8. The predicted octanol–water partition coefficient (Wildman–Crippen LogP) is 3.93. The number of sulfonamides is 1. The number of ether oxygens (including phenoxy) is 1. The second kappa shape index (κ2) is 9.59. The molecule has 3 aromatic rings. The van der Waals surface area contributed by atoms with E-state index < -0.39 is 10.0 Å². The van der Waals surface area contributed by atoms with E-state index in [0.717, 1.165) is 5.56 Å². The van der Waals surface area contributed by atoms with Gasteiger partial charge >= 0.3 is 0 Å². The summed E-state index contributed by atoms with van der Waals surface area (Å²) in [5.74, 6) is 0.296. The number of carbonyl (C=O) groups is 1. The smallest absolute Gasteiger partial charge is 0.261 e. The maximum atomic E-state index is 12.6. The van der Waals surface area contributed by atoms with Crippen LogP contribution >= 0.6 is 12.2 Å². The standard InChI is InChI=1S/C22H21N3O4S2/c1-15-3-5-16(6-4-15)21(26)24-22(30)23-17-9-13-20(14-10-17)31(27,28)25-18-7-11-19(29-2)12-8-18/h3-14,25H,1-2H3,(H2,23,24,26,30). The molecule has 7 nitrogen and oxygen atoms in total. The van der Waals surface area contributed by atoms with E-state index in [9.17, 15) is 13.2 Å². The third-order valence-corrected chi connectivity index (χ3v) is 5.91. The van der Waals surface area contributed by atoms with Crippen LogP contribution in [0.15, 0.2) is 77.7 Å². The summed E-state index contributed by atoms with van der Waals surface area (Å²) in [6.07, 6.45) is 0. The van der Waals surface area contributed by atoms with Crippen molar-refractivity contribution in [3.05, 3.63) is 83.9 Å². The summed E-state index contributed by atoms with van der Waals surface area (Å²) in [5.41, 5.74) is 2.50. The van der Waals surface area contributed by atoms with E-state index in [2.05, 4.69) is 15.4 Å². The summed E-state index contributed by atoms with van der Waals surface area (Å²) >= 11 is 5.17. The lowest BCUT2D eigenvalue weighted by molar-refractivity contribution is 0.0977. The summed E-state index contributed by atoms with van der Waals surface area (Å²) < 4.78 is 32.7. The van der Waals surface area contributed by atoms with Gasteiger partial charge in [0.25, 0.3) is 15.9 Å². The van der Waals surface area contributed by atoms with Crippen LogP contribution in [-0.2, 0) is 10.0 Å². The Balaban J connectivity index is 1.61. The summed E-state index contributed by atoms with van der Waals surface area (Å²) in [7, 11) is -2.22. The molecule has 0 saturated heterocycles. The van der Waals surface area contributed by atoms with Gasteiger partial charge < -0.3 is 10.1 Å². The van der Waals surface area contributed by atoms with Gasteiger partial charge in [-0.1, -0.05) is 17.7 Å². The maximum Gasteiger partial charge on any atom is 0.261 e. The van der Waals surface area contributed by atoms with E-state index in [1.807, 2.05) is 19.1 Å². The molecule has 1 amide bonds. The molecule has 0 atom stereocenters. The van der Waals surface area contributed by atoms with Crippen LogP contribution in [0.1, 0.15) is 15.9 Å². The van der Waals surface area contributed by atoms with Crippen LogP contribution in [0.4, 0.5) is 11.4 Å². The molecule has 0 aliphatic heterocycles. The van der Waals surface area contributed by atoms with Crippen LogP contribution in [0.5, 0.6) is 5.75 Å². The number of benzene rings is 3. The highest BCUT2D eigenvalue weighted by molar-refractivity contribution is 7.92. The zero-order valence-electron chi connectivity index (χ0n) is 16.9. The number of methoxy groups -OCH3 is 1. The molecule has 0 radical (unpaired) electrons.